The lowest BCUT2D eigenvalue weighted by molar-refractivity contribution is 0.0943. The molecule has 102 valence electrons. The van der Waals surface area contributed by atoms with Gasteiger partial charge in [0.1, 0.15) is 0 Å². The molecule has 18 heavy (non-hydrogen) atoms. The van der Waals surface area contributed by atoms with Gasteiger partial charge in [-0.1, -0.05) is 0 Å². The van der Waals surface area contributed by atoms with E-state index in [0.717, 1.165) is 13.1 Å². The molecule has 0 saturated carbocycles. The van der Waals surface area contributed by atoms with Crippen LogP contribution in [-0.4, -0.2) is 61.4 Å². The standard InChI is InChI=1S/C11H21N5O2/c1-8-9(12)10(15-14-8)11(17)13-4-5-16(2)6-7-18-3/h4-7,12H2,1-3H3,(H,13,17)(H,14,15). The Morgan fingerprint density at radius 1 is 1.56 bits per heavy atom. The first-order chi connectivity index (χ1) is 8.56. The van der Waals surface area contributed by atoms with Gasteiger partial charge in [0.2, 0.25) is 0 Å². The van der Waals surface area contributed by atoms with Gasteiger partial charge in [-0.2, -0.15) is 5.10 Å². The van der Waals surface area contributed by atoms with Gasteiger partial charge in [-0.15, -0.1) is 0 Å². The molecule has 4 N–H and O–H groups in total. The maximum Gasteiger partial charge on any atom is 0.273 e. The molecule has 1 rings (SSSR count). The van der Waals surface area contributed by atoms with Crippen LogP contribution in [-0.2, 0) is 4.74 Å². The number of aryl methyl sites for hydroxylation is 1. The van der Waals surface area contributed by atoms with E-state index in [9.17, 15) is 4.79 Å². The smallest absolute Gasteiger partial charge is 0.273 e. The average Bonchev–Trinajstić information content (AvgIpc) is 2.67. The van der Waals surface area contributed by atoms with Crippen molar-refractivity contribution in [3.05, 3.63) is 11.4 Å². The monoisotopic (exact) mass is 255 g/mol. The maximum atomic E-state index is 11.8. The molecule has 0 spiro atoms. The molecule has 0 aliphatic heterocycles. The first-order valence-corrected chi connectivity index (χ1v) is 5.82. The molecule has 7 nitrogen and oxygen atoms in total. The van der Waals surface area contributed by atoms with Crippen molar-refractivity contribution >= 4 is 11.6 Å². The van der Waals surface area contributed by atoms with Crippen LogP contribution in [0.5, 0.6) is 0 Å². The van der Waals surface area contributed by atoms with Gasteiger partial charge in [0, 0.05) is 26.7 Å². The molecule has 0 aliphatic rings. The number of amides is 1. The van der Waals surface area contributed by atoms with Gasteiger partial charge in [-0.05, 0) is 14.0 Å². The molecule has 0 unspecified atom stereocenters. The van der Waals surface area contributed by atoms with Crippen molar-refractivity contribution in [3.63, 3.8) is 0 Å². The second-order valence-corrected chi connectivity index (χ2v) is 4.16. The summed E-state index contributed by atoms with van der Waals surface area (Å²) >= 11 is 0. The zero-order chi connectivity index (χ0) is 13.5. The molecule has 0 aliphatic carbocycles. The lowest BCUT2D eigenvalue weighted by Gasteiger charge is -2.15. The number of carbonyl (C=O) groups is 1. The van der Waals surface area contributed by atoms with E-state index < -0.39 is 0 Å². The van der Waals surface area contributed by atoms with Crippen LogP contribution in [0.25, 0.3) is 0 Å². The molecule has 0 aromatic carbocycles. The number of H-pyrrole nitrogens is 1. The number of hydrogen-bond donors (Lipinski definition) is 3. The summed E-state index contributed by atoms with van der Waals surface area (Å²) in [5.74, 6) is -0.253. The third kappa shape index (κ3) is 4.01. The summed E-state index contributed by atoms with van der Waals surface area (Å²) in [5.41, 5.74) is 7.08. The van der Waals surface area contributed by atoms with Crippen molar-refractivity contribution in [1.29, 1.82) is 0 Å². The van der Waals surface area contributed by atoms with Crippen LogP contribution in [0, 0.1) is 6.92 Å². The van der Waals surface area contributed by atoms with E-state index in [1.165, 1.54) is 0 Å². The number of nitrogen functional groups attached to an aromatic ring is 1. The molecule has 0 radical (unpaired) electrons. The van der Waals surface area contributed by atoms with Gasteiger partial charge in [-0.25, -0.2) is 0 Å². The zero-order valence-corrected chi connectivity index (χ0v) is 11.1. The lowest BCUT2D eigenvalue weighted by Crippen LogP contribution is -2.34. The Morgan fingerprint density at radius 3 is 2.83 bits per heavy atom. The Kier molecular flexibility index (Phi) is 5.60. The van der Waals surface area contributed by atoms with E-state index in [1.54, 1.807) is 14.0 Å². The Labute approximate surface area is 107 Å². The first kappa shape index (κ1) is 14.5. The molecule has 0 fully saturated rings. The third-order valence-corrected chi connectivity index (χ3v) is 2.67. The summed E-state index contributed by atoms with van der Waals surface area (Å²) in [5, 5.41) is 9.33. The summed E-state index contributed by atoms with van der Waals surface area (Å²) in [6.45, 7) is 4.58. The Hall–Kier alpha value is -1.60. The second-order valence-electron chi connectivity index (χ2n) is 4.16. The minimum atomic E-state index is -0.253. The number of ether oxygens (including phenoxy) is 1. The molecular formula is C11H21N5O2. The highest BCUT2D eigenvalue weighted by molar-refractivity contribution is 5.97. The van der Waals surface area contributed by atoms with Gasteiger partial charge < -0.3 is 20.7 Å². The Bertz CT molecular complexity index is 391. The highest BCUT2D eigenvalue weighted by Gasteiger charge is 2.14. The summed E-state index contributed by atoms with van der Waals surface area (Å²) in [6, 6.07) is 0. The van der Waals surface area contributed by atoms with Crippen molar-refractivity contribution in [2.24, 2.45) is 0 Å². The molecule has 0 saturated heterocycles. The Morgan fingerprint density at radius 2 is 2.28 bits per heavy atom. The number of carbonyl (C=O) groups excluding carboxylic acids is 1. The number of aromatic nitrogens is 2. The van der Waals surface area contributed by atoms with Crippen LogP contribution in [0.3, 0.4) is 0 Å². The van der Waals surface area contributed by atoms with E-state index >= 15 is 0 Å². The van der Waals surface area contributed by atoms with Gasteiger partial charge in [0.25, 0.3) is 5.91 Å². The largest absolute Gasteiger partial charge is 0.395 e. The SMILES string of the molecule is COCCN(C)CCNC(=O)c1n[nH]c(C)c1N. The zero-order valence-electron chi connectivity index (χ0n) is 11.1. The number of hydrogen-bond acceptors (Lipinski definition) is 5. The number of rotatable bonds is 7. The quantitative estimate of drug-likeness (QED) is 0.616. The van der Waals surface area contributed by atoms with Crippen LogP contribution in [0.15, 0.2) is 0 Å². The van der Waals surface area contributed by atoms with Crippen LogP contribution >= 0.6 is 0 Å². The topological polar surface area (TPSA) is 96.3 Å². The van der Waals surface area contributed by atoms with Crippen molar-refractivity contribution < 1.29 is 9.53 Å². The van der Waals surface area contributed by atoms with Crippen molar-refractivity contribution in [1.82, 2.24) is 20.4 Å². The van der Waals surface area contributed by atoms with Gasteiger partial charge in [0.15, 0.2) is 5.69 Å². The van der Waals surface area contributed by atoms with Gasteiger partial charge >= 0.3 is 0 Å². The van der Waals surface area contributed by atoms with E-state index in [1.807, 2.05) is 7.05 Å². The molecule has 1 amide bonds. The molecule has 0 bridgehead atoms. The number of methoxy groups -OCH3 is 1. The number of nitrogens with one attached hydrogen (secondary N) is 2. The number of likely N-dealkylation sites (N-methyl/N-ethyl adjacent to an activating group) is 1. The summed E-state index contributed by atoms with van der Waals surface area (Å²) in [7, 11) is 3.64. The lowest BCUT2D eigenvalue weighted by atomic mass is 10.3. The average molecular weight is 255 g/mol. The highest BCUT2D eigenvalue weighted by atomic mass is 16.5. The minimum Gasteiger partial charge on any atom is -0.395 e. The van der Waals surface area contributed by atoms with Crippen molar-refractivity contribution in [2.75, 3.05) is 46.1 Å². The number of aromatic amines is 1. The molecule has 0 atom stereocenters. The van der Waals surface area contributed by atoms with Crippen molar-refractivity contribution in [3.8, 4) is 0 Å². The van der Waals surface area contributed by atoms with Crippen LogP contribution in [0.2, 0.25) is 0 Å². The van der Waals surface area contributed by atoms with Crippen LogP contribution in [0.4, 0.5) is 5.69 Å². The fourth-order valence-electron chi connectivity index (χ4n) is 1.41. The second kappa shape index (κ2) is 6.97. The fraction of sp³-hybridized carbons (Fsp3) is 0.636. The maximum absolute atomic E-state index is 11.8. The molecular weight excluding hydrogens is 234 g/mol. The summed E-state index contributed by atoms with van der Waals surface area (Å²) in [4.78, 5) is 13.8. The highest BCUT2D eigenvalue weighted by Crippen LogP contribution is 2.11. The molecule has 1 heterocycles. The van der Waals surface area contributed by atoms with E-state index in [0.29, 0.717) is 24.5 Å². The van der Waals surface area contributed by atoms with Crippen LogP contribution in [0.1, 0.15) is 16.2 Å². The summed E-state index contributed by atoms with van der Waals surface area (Å²) in [6.07, 6.45) is 0. The Balaban J connectivity index is 2.31. The van der Waals surface area contributed by atoms with Gasteiger partial charge in [0.05, 0.1) is 18.0 Å². The predicted molar refractivity (Wildman–Crippen MR) is 69.4 cm³/mol. The van der Waals surface area contributed by atoms with Gasteiger partial charge in [-0.3, -0.25) is 9.89 Å². The molecule has 1 aromatic heterocycles. The van der Waals surface area contributed by atoms with Crippen molar-refractivity contribution in [2.45, 2.75) is 6.92 Å². The normalized spacial score (nSPS) is 10.9. The fourth-order valence-corrected chi connectivity index (χ4v) is 1.41. The molecule has 1 aromatic rings. The first-order valence-electron chi connectivity index (χ1n) is 5.82. The minimum absolute atomic E-state index is 0.253. The number of nitrogens with zero attached hydrogens (tertiary/aromatic N) is 2. The van der Waals surface area contributed by atoms with Crippen LogP contribution < -0.4 is 11.1 Å². The summed E-state index contributed by atoms with van der Waals surface area (Å²) < 4.78 is 4.97. The number of anilines is 1. The molecule has 7 heteroatoms. The van der Waals surface area contributed by atoms with E-state index in [2.05, 4.69) is 20.4 Å². The predicted octanol–water partition coefficient (Wildman–Crippen LogP) is -0.392. The number of nitrogens with two attached hydrogens (primary N) is 1. The van der Waals surface area contributed by atoms with E-state index in [-0.39, 0.29) is 11.6 Å². The third-order valence-electron chi connectivity index (χ3n) is 2.67. The van der Waals surface area contributed by atoms with E-state index in [4.69, 9.17) is 10.5 Å².